The highest BCUT2D eigenvalue weighted by Gasteiger charge is 2.12. The van der Waals surface area contributed by atoms with Crippen LogP contribution in [0, 0.1) is 6.92 Å². The summed E-state index contributed by atoms with van der Waals surface area (Å²) in [6.45, 7) is 2.40. The van der Waals surface area contributed by atoms with Gasteiger partial charge in [-0.15, -0.1) is 5.10 Å². The van der Waals surface area contributed by atoms with Gasteiger partial charge in [0.1, 0.15) is 4.88 Å². The number of benzene rings is 1. The summed E-state index contributed by atoms with van der Waals surface area (Å²) in [4.78, 5) is 28.9. The Bertz CT molecular complexity index is 904. The van der Waals surface area contributed by atoms with E-state index in [4.69, 9.17) is 0 Å². The van der Waals surface area contributed by atoms with Crippen molar-refractivity contribution in [2.75, 3.05) is 6.54 Å². The van der Waals surface area contributed by atoms with Gasteiger partial charge in [0, 0.05) is 24.7 Å². The van der Waals surface area contributed by atoms with Gasteiger partial charge in [0.2, 0.25) is 0 Å². The van der Waals surface area contributed by atoms with Crippen LogP contribution in [-0.4, -0.2) is 31.6 Å². The lowest BCUT2D eigenvalue weighted by Gasteiger charge is -2.07. The largest absolute Gasteiger partial charge is 0.349 e. The number of rotatable bonds is 5. The third-order valence-corrected chi connectivity index (χ3v) is 4.27. The van der Waals surface area contributed by atoms with Gasteiger partial charge >= 0.3 is 0 Å². The summed E-state index contributed by atoms with van der Waals surface area (Å²) in [5, 5.41) is 6.55. The normalized spacial score (nSPS) is 10.5. The van der Waals surface area contributed by atoms with E-state index in [9.17, 15) is 9.59 Å². The van der Waals surface area contributed by atoms with Crippen molar-refractivity contribution in [1.82, 2.24) is 24.5 Å². The van der Waals surface area contributed by atoms with Crippen LogP contribution in [0.3, 0.4) is 0 Å². The molecule has 0 fully saturated rings. The monoisotopic (exact) mass is 341 g/mol. The SMILES string of the molecule is Cc1nnsc1C(=O)NCCn1cnc(-c2ccccc2)cc1=O. The zero-order valence-electron chi connectivity index (χ0n) is 13.0. The number of hydrogen-bond donors (Lipinski definition) is 1. The lowest BCUT2D eigenvalue weighted by Crippen LogP contribution is -2.30. The van der Waals surface area contributed by atoms with Gasteiger partial charge in [-0.05, 0) is 18.5 Å². The second kappa shape index (κ2) is 7.14. The van der Waals surface area contributed by atoms with Crippen molar-refractivity contribution in [2.24, 2.45) is 0 Å². The summed E-state index contributed by atoms with van der Waals surface area (Å²) < 4.78 is 5.19. The Morgan fingerprint density at radius 2 is 2.08 bits per heavy atom. The molecule has 0 radical (unpaired) electrons. The van der Waals surface area contributed by atoms with Gasteiger partial charge < -0.3 is 5.32 Å². The van der Waals surface area contributed by atoms with Gasteiger partial charge in [0.25, 0.3) is 11.5 Å². The minimum atomic E-state index is -0.232. The average molecular weight is 341 g/mol. The van der Waals surface area contributed by atoms with E-state index >= 15 is 0 Å². The first-order valence-corrected chi connectivity index (χ1v) is 8.11. The third-order valence-electron chi connectivity index (χ3n) is 3.45. The maximum Gasteiger partial charge on any atom is 0.265 e. The molecule has 2 aromatic heterocycles. The number of amides is 1. The van der Waals surface area contributed by atoms with Crippen molar-refractivity contribution in [3.05, 3.63) is 63.7 Å². The number of nitrogens with one attached hydrogen (secondary N) is 1. The lowest BCUT2D eigenvalue weighted by atomic mass is 10.1. The van der Waals surface area contributed by atoms with Crippen molar-refractivity contribution in [3.8, 4) is 11.3 Å². The Kier molecular flexibility index (Phi) is 4.76. The molecule has 8 heteroatoms. The fourth-order valence-corrected chi connectivity index (χ4v) is 2.74. The molecule has 2 heterocycles. The van der Waals surface area contributed by atoms with Crippen molar-refractivity contribution in [3.63, 3.8) is 0 Å². The molecule has 0 saturated carbocycles. The van der Waals surface area contributed by atoms with Crippen LogP contribution < -0.4 is 10.9 Å². The van der Waals surface area contributed by atoms with E-state index in [2.05, 4.69) is 19.9 Å². The summed E-state index contributed by atoms with van der Waals surface area (Å²) in [6.07, 6.45) is 1.50. The highest BCUT2D eigenvalue weighted by molar-refractivity contribution is 7.07. The molecule has 0 aliphatic rings. The first-order valence-electron chi connectivity index (χ1n) is 7.34. The Labute approximate surface area is 142 Å². The minimum absolute atomic E-state index is 0.159. The van der Waals surface area contributed by atoms with E-state index in [0.717, 1.165) is 17.1 Å². The summed E-state index contributed by atoms with van der Waals surface area (Å²) in [6, 6.07) is 11.0. The van der Waals surface area contributed by atoms with E-state index in [1.54, 1.807) is 6.92 Å². The zero-order chi connectivity index (χ0) is 16.9. The number of carbonyl (C=O) groups excluding carboxylic acids is 1. The molecule has 122 valence electrons. The number of carbonyl (C=O) groups is 1. The fraction of sp³-hybridized carbons (Fsp3) is 0.188. The van der Waals surface area contributed by atoms with Gasteiger partial charge in [-0.3, -0.25) is 14.2 Å². The predicted octanol–water partition coefficient (Wildman–Crippen LogP) is 1.50. The number of aryl methyl sites for hydroxylation is 1. The van der Waals surface area contributed by atoms with Crippen LogP contribution in [-0.2, 0) is 6.54 Å². The first-order chi connectivity index (χ1) is 11.6. The molecule has 0 aliphatic heterocycles. The Morgan fingerprint density at radius 3 is 2.75 bits per heavy atom. The van der Waals surface area contributed by atoms with Crippen molar-refractivity contribution < 1.29 is 4.79 Å². The second-order valence-electron chi connectivity index (χ2n) is 5.12. The molecule has 1 N–H and O–H groups in total. The molecule has 0 saturated heterocycles. The lowest BCUT2D eigenvalue weighted by molar-refractivity contribution is 0.0955. The molecule has 7 nitrogen and oxygen atoms in total. The van der Waals surface area contributed by atoms with Crippen LogP contribution in [0.25, 0.3) is 11.3 Å². The van der Waals surface area contributed by atoms with Crippen LogP contribution in [0.2, 0.25) is 0 Å². The van der Waals surface area contributed by atoms with E-state index < -0.39 is 0 Å². The quantitative estimate of drug-likeness (QED) is 0.759. The zero-order valence-corrected chi connectivity index (χ0v) is 13.8. The molecule has 3 aromatic rings. The van der Waals surface area contributed by atoms with E-state index in [1.165, 1.54) is 17.0 Å². The highest BCUT2D eigenvalue weighted by Crippen LogP contribution is 2.13. The Balaban J connectivity index is 1.63. The molecule has 0 unspecified atom stereocenters. The van der Waals surface area contributed by atoms with Crippen LogP contribution >= 0.6 is 11.5 Å². The number of hydrogen-bond acceptors (Lipinski definition) is 6. The summed E-state index contributed by atoms with van der Waals surface area (Å²) in [5.41, 5.74) is 1.97. The standard InChI is InChI=1S/C16H15N5O2S/c1-11-15(24-20-19-11)16(23)17-7-8-21-10-18-13(9-14(21)22)12-5-3-2-4-6-12/h2-6,9-10H,7-8H2,1H3,(H,17,23). The number of aromatic nitrogens is 4. The molecule has 24 heavy (non-hydrogen) atoms. The first kappa shape index (κ1) is 16.0. The van der Waals surface area contributed by atoms with Gasteiger partial charge in [0.05, 0.1) is 17.7 Å². The molecule has 0 atom stereocenters. The van der Waals surface area contributed by atoms with E-state index in [1.807, 2.05) is 30.3 Å². The highest BCUT2D eigenvalue weighted by atomic mass is 32.1. The molecule has 1 amide bonds. The fourth-order valence-electron chi connectivity index (χ4n) is 2.17. The molecule has 3 rings (SSSR count). The van der Waals surface area contributed by atoms with E-state index in [-0.39, 0.29) is 11.5 Å². The maximum atomic E-state index is 12.2. The average Bonchev–Trinajstić information content (AvgIpc) is 3.03. The van der Waals surface area contributed by atoms with Gasteiger partial charge in [-0.2, -0.15) is 0 Å². The van der Waals surface area contributed by atoms with Crippen molar-refractivity contribution in [2.45, 2.75) is 13.5 Å². The second-order valence-corrected chi connectivity index (χ2v) is 5.87. The summed E-state index contributed by atoms with van der Waals surface area (Å²) >= 11 is 1.05. The van der Waals surface area contributed by atoms with Gasteiger partial charge in [0.15, 0.2) is 0 Å². The minimum Gasteiger partial charge on any atom is -0.349 e. The molecule has 0 spiro atoms. The van der Waals surface area contributed by atoms with Gasteiger partial charge in [-0.25, -0.2) is 4.98 Å². The molecule has 1 aromatic carbocycles. The molecular weight excluding hydrogens is 326 g/mol. The van der Waals surface area contributed by atoms with Crippen LogP contribution in [0.4, 0.5) is 0 Å². The number of nitrogens with zero attached hydrogens (tertiary/aromatic N) is 4. The summed E-state index contributed by atoms with van der Waals surface area (Å²) in [5.74, 6) is -0.232. The van der Waals surface area contributed by atoms with Crippen LogP contribution in [0.1, 0.15) is 15.4 Å². The topological polar surface area (TPSA) is 89.8 Å². The summed E-state index contributed by atoms with van der Waals surface area (Å²) in [7, 11) is 0. The Morgan fingerprint density at radius 1 is 1.29 bits per heavy atom. The molecular formula is C16H15N5O2S. The Hall–Kier alpha value is -2.87. The van der Waals surface area contributed by atoms with Crippen LogP contribution in [0.15, 0.2) is 47.5 Å². The van der Waals surface area contributed by atoms with Crippen molar-refractivity contribution >= 4 is 17.4 Å². The maximum absolute atomic E-state index is 12.2. The third kappa shape index (κ3) is 3.54. The van der Waals surface area contributed by atoms with E-state index in [0.29, 0.717) is 29.4 Å². The van der Waals surface area contributed by atoms with Crippen molar-refractivity contribution in [1.29, 1.82) is 0 Å². The van der Waals surface area contributed by atoms with Gasteiger partial charge in [-0.1, -0.05) is 34.8 Å². The molecule has 0 bridgehead atoms. The smallest absolute Gasteiger partial charge is 0.265 e. The predicted molar refractivity (Wildman–Crippen MR) is 90.9 cm³/mol. The van der Waals surface area contributed by atoms with Crippen LogP contribution in [0.5, 0.6) is 0 Å². The molecule has 0 aliphatic carbocycles.